The first-order chi connectivity index (χ1) is 18.8. The molecule has 10 nitrogen and oxygen atoms in total. The van der Waals surface area contributed by atoms with Gasteiger partial charge in [0.05, 0.1) is 40.4 Å². The van der Waals surface area contributed by atoms with Crippen molar-refractivity contribution in [2.24, 2.45) is 0 Å². The van der Waals surface area contributed by atoms with Crippen LogP contribution in [0.5, 0.6) is 6.01 Å². The van der Waals surface area contributed by atoms with Gasteiger partial charge in [0.25, 0.3) is 6.01 Å². The molecule has 4 N–H and O–H groups in total. The lowest BCUT2D eigenvalue weighted by Crippen LogP contribution is -2.45. The number of fused-ring (bicyclic) bond motifs is 1. The first-order valence-electron chi connectivity index (χ1n) is 12.7. The number of benzene rings is 2. The number of aromatic amines is 1. The van der Waals surface area contributed by atoms with E-state index in [1.54, 1.807) is 30.3 Å². The molecule has 0 spiro atoms. The second kappa shape index (κ2) is 10.5. The molecule has 204 valence electrons. The third kappa shape index (κ3) is 5.65. The van der Waals surface area contributed by atoms with E-state index in [0.29, 0.717) is 28.3 Å². The zero-order chi connectivity index (χ0) is 27.1. The van der Waals surface area contributed by atoms with E-state index in [2.05, 4.69) is 19.7 Å². The third-order valence-electron chi connectivity index (χ3n) is 6.85. The number of pyridine rings is 1. The minimum atomic E-state index is -3.49. The largest absolute Gasteiger partial charge is 0.459 e. The first kappa shape index (κ1) is 26.2. The molecule has 2 aromatic carbocycles. The summed E-state index contributed by atoms with van der Waals surface area (Å²) in [6, 6.07) is 16.5. The molecule has 2 fully saturated rings. The molecule has 2 aliphatic rings. The molecule has 1 saturated heterocycles. The van der Waals surface area contributed by atoms with Crippen molar-refractivity contribution in [1.82, 2.24) is 19.7 Å². The van der Waals surface area contributed by atoms with Crippen molar-refractivity contribution in [3.8, 4) is 28.4 Å². The van der Waals surface area contributed by atoms with Gasteiger partial charge >= 0.3 is 0 Å². The Balaban J connectivity index is 1.18. The molecule has 0 radical (unpaired) electrons. The van der Waals surface area contributed by atoms with Crippen LogP contribution in [-0.2, 0) is 14.8 Å². The monoisotopic (exact) mass is 570 g/mol. The van der Waals surface area contributed by atoms with Crippen molar-refractivity contribution in [3.63, 3.8) is 0 Å². The van der Waals surface area contributed by atoms with Gasteiger partial charge in [0, 0.05) is 18.0 Å². The van der Waals surface area contributed by atoms with E-state index in [4.69, 9.17) is 21.1 Å². The fourth-order valence-electron chi connectivity index (χ4n) is 4.54. The van der Waals surface area contributed by atoms with Gasteiger partial charge in [0.1, 0.15) is 12.2 Å². The van der Waals surface area contributed by atoms with Crippen molar-refractivity contribution >= 4 is 32.8 Å². The quantitative estimate of drug-likeness (QED) is 0.252. The number of halogens is 1. The van der Waals surface area contributed by atoms with Crippen LogP contribution >= 0.6 is 11.6 Å². The fourth-order valence-corrected chi connectivity index (χ4v) is 6.10. The molecular formula is C27H27ClN4O6S. The summed E-state index contributed by atoms with van der Waals surface area (Å²) >= 11 is 6.56. The predicted molar refractivity (Wildman–Crippen MR) is 145 cm³/mol. The van der Waals surface area contributed by atoms with Crippen LogP contribution in [0.25, 0.3) is 33.5 Å². The van der Waals surface area contributed by atoms with Gasteiger partial charge in [-0.25, -0.2) is 18.1 Å². The van der Waals surface area contributed by atoms with Crippen molar-refractivity contribution in [1.29, 1.82) is 0 Å². The topological polar surface area (TPSA) is 147 Å². The fraction of sp³-hybridized carbons (Fsp3) is 0.333. The number of ether oxygens (including phenoxy) is 2. The first-order valence-corrected chi connectivity index (χ1v) is 14.5. The zero-order valence-electron chi connectivity index (χ0n) is 20.7. The Morgan fingerprint density at radius 1 is 1.05 bits per heavy atom. The van der Waals surface area contributed by atoms with Crippen LogP contribution in [0.2, 0.25) is 5.02 Å². The maximum absolute atomic E-state index is 12.4. The van der Waals surface area contributed by atoms with Gasteiger partial charge in [-0.2, -0.15) is 4.98 Å². The number of imidazole rings is 1. The molecule has 1 aliphatic carbocycles. The van der Waals surface area contributed by atoms with E-state index >= 15 is 0 Å². The highest BCUT2D eigenvalue weighted by Gasteiger charge is 2.31. The SMILES string of the molecule is O=S(=O)(NC1CC1)c1ccc(-c2ccc(-c3nc4nc(O[C@H]5CO[C@H](CO)[C@@H](O)C5)[nH]c4cc3Cl)cc2)cc1. The predicted octanol–water partition coefficient (Wildman–Crippen LogP) is 3.28. The smallest absolute Gasteiger partial charge is 0.296 e. The Labute approximate surface area is 230 Å². The zero-order valence-corrected chi connectivity index (χ0v) is 22.3. The summed E-state index contributed by atoms with van der Waals surface area (Å²) in [7, 11) is -3.49. The van der Waals surface area contributed by atoms with Crippen molar-refractivity contribution in [3.05, 3.63) is 59.6 Å². The van der Waals surface area contributed by atoms with Gasteiger partial charge in [-0.1, -0.05) is 48.0 Å². The highest BCUT2D eigenvalue weighted by atomic mass is 35.5. The van der Waals surface area contributed by atoms with E-state index in [1.165, 1.54) is 0 Å². The average Bonchev–Trinajstić information content (AvgIpc) is 3.65. The number of aliphatic hydroxyl groups excluding tert-OH is 2. The summed E-state index contributed by atoms with van der Waals surface area (Å²) in [6.07, 6.45) is 0.226. The lowest BCUT2D eigenvalue weighted by atomic mass is 10.0. The van der Waals surface area contributed by atoms with E-state index in [9.17, 15) is 18.6 Å². The molecule has 39 heavy (non-hydrogen) atoms. The summed E-state index contributed by atoms with van der Waals surface area (Å²) in [5, 5.41) is 19.7. The number of nitrogens with zero attached hydrogens (tertiary/aromatic N) is 2. The Morgan fingerprint density at radius 3 is 2.36 bits per heavy atom. The molecule has 1 aliphatic heterocycles. The van der Waals surface area contributed by atoms with E-state index < -0.39 is 28.3 Å². The van der Waals surface area contributed by atoms with E-state index in [1.807, 2.05) is 24.3 Å². The summed E-state index contributed by atoms with van der Waals surface area (Å²) in [6.45, 7) is -0.0274. The Bertz CT molecular complexity index is 1590. The second-order valence-corrected chi connectivity index (χ2v) is 11.9. The average molecular weight is 571 g/mol. The van der Waals surface area contributed by atoms with Crippen LogP contribution in [0, 0.1) is 0 Å². The van der Waals surface area contributed by atoms with Crippen LogP contribution in [0.15, 0.2) is 59.5 Å². The normalized spacial score (nSPS) is 21.8. The molecule has 2 aromatic heterocycles. The van der Waals surface area contributed by atoms with Crippen LogP contribution in [0.3, 0.4) is 0 Å². The number of H-pyrrole nitrogens is 1. The van der Waals surface area contributed by atoms with Gasteiger partial charge in [0.15, 0.2) is 5.65 Å². The van der Waals surface area contributed by atoms with Crippen LogP contribution in [-0.4, -0.2) is 71.2 Å². The van der Waals surface area contributed by atoms with Crippen molar-refractivity contribution in [2.75, 3.05) is 13.2 Å². The molecule has 0 bridgehead atoms. The summed E-state index contributed by atoms with van der Waals surface area (Å²) < 4.78 is 38.8. The summed E-state index contributed by atoms with van der Waals surface area (Å²) in [4.78, 5) is 12.4. The van der Waals surface area contributed by atoms with E-state index in [-0.39, 0.29) is 30.2 Å². The molecule has 0 unspecified atom stereocenters. The lowest BCUT2D eigenvalue weighted by Gasteiger charge is -2.31. The maximum Gasteiger partial charge on any atom is 0.296 e. The number of sulfonamides is 1. The number of nitrogens with one attached hydrogen (secondary N) is 2. The second-order valence-electron chi connectivity index (χ2n) is 9.83. The summed E-state index contributed by atoms with van der Waals surface area (Å²) in [5.74, 6) is 0. The Kier molecular flexibility index (Phi) is 7.04. The minimum Gasteiger partial charge on any atom is -0.459 e. The minimum absolute atomic E-state index is 0.0588. The number of rotatable bonds is 8. The molecule has 12 heteroatoms. The van der Waals surface area contributed by atoms with Gasteiger partial charge in [0.2, 0.25) is 10.0 Å². The summed E-state index contributed by atoms with van der Waals surface area (Å²) in [5.41, 5.74) is 4.19. The number of hydrogen-bond donors (Lipinski definition) is 4. The molecule has 6 rings (SSSR count). The van der Waals surface area contributed by atoms with Crippen LogP contribution in [0.4, 0.5) is 0 Å². The van der Waals surface area contributed by atoms with Crippen LogP contribution < -0.4 is 9.46 Å². The van der Waals surface area contributed by atoms with Gasteiger partial charge in [-0.15, -0.1) is 0 Å². The highest BCUT2D eigenvalue weighted by molar-refractivity contribution is 7.89. The standard InChI is InChI=1S/C27H27ClN4O6S/c28-21-12-22-26(31-27(29-22)38-19-11-23(34)24(13-33)37-14-19)30-25(21)17-3-1-15(2-4-17)16-5-9-20(10-6-16)39(35,36)32-18-7-8-18/h1-6,9-10,12,18-19,23-24,32-34H,7-8,11,13-14H2,(H,29,30,31)/t19-,23+,24-/m1/s1. The van der Waals surface area contributed by atoms with E-state index in [0.717, 1.165) is 29.5 Å². The molecule has 0 amide bonds. The third-order valence-corrected chi connectivity index (χ3v) is 8.67. The molecule has 4 aromatic rings. The van der Waals surface area contributed by atoms with Gasteiger partial charge in [-0.3, -0.25) is 0 Å². The molecule has 3 heterocycles. The maximum atomic E-state index is 12.4. The van der Waals surface area contributed by atoms with Crippen LogP contribution in [0.1, 0.15) is 19.3 Å². The van der Waals surface area contributed by atoms with Crippen molar-refractivity contribution in [2.45, 2.75) is 48.5 Å². The molecule has 1 saturated carbocycles. The Morgan fingerprint density at radius 2 is 1.72 bits per heavy atom. The highest BCUT2D eigenvalue weighted by Crippen LogP contribution is 2.32. The Hall–Kier alpha value is -3.06. The molecule has 3 atom stereocenters. The lowest BCUT2D eigenvalue weighted by molar-refractivity contribution is -0.131. The number of aliphatic hydroxyl groups is 2. The number of aromatic nitrogens is 3. The molecular weight excluding hydrogens is 544 g/mol. The van der Waals surface area contributed by atoms with Gasteiger partial charge < -0.3 is 24.7 Å². The van der Waals surface area contributed by atoms with Crippen molar-refractivity contribution < 1.29 is 28.1 Å². The van der Waals surface area contributed by atoms with Gasteiger partial charge in [-0.05, 0) is 42.2 Å². The number of hydrogen-bond acceptors (Lipinski definition) is 8.